The molecule has 0 fully saturated rings. The van der Waals surface area contributed by atoms with Gasteiger partial charge in [0.25, 0.3) is 0 Å². The van der Waals surface area contributed by atoms with Crippen molar-refractivity contribution in [2.24, 2.45) is 0 Å². The summed E-state index contributed by atoms with van der Waals surface area (Å²) in [7, 11) is -10.5. The summed E-state index contributed by atoms with van der Waals surface area (Å²) in [5, 5.41) is 1.86. The molecule has 0 aliphatic rings. The fraction of sp³-hybridized carbons (Fsp3) is 0. The summed E-state index contributed by atoms with van der Waals surface area (Å²) in [5.74, 6) is 0. The first-order chi connectivity index (χ1) is 11.5. The van der Waals surface area contributed by atoms with E-state index in [1.165, 1.54) is 6.07 Å². The Morgan fingerprint density at radius 3 is 1.64 bits per heavy atom. The molecule has 0 nitrogen and oxygen atoms in total. The molecule has 0 bridgehead atoms. The van der Waals surface area contributed by atoms with Crippen molar-refractivity contribution in [3.63, 3.8) is 0 Å². The van der Waals surface area contributed by atoms with E-state index in [-0.39, 0.29) is 4.90 Å². The fourth-order valence-electron chi connectivity index (χ4n) is 2.95. The van der Waals surface area contributed by atoms with Crippen LogP contribution in [0.15, 0.2) is 77.7 Å². The number of rotatable bonds is 2. The van der Waals surface area contributed by atoms with Gasteiger partial charge in [-0.25, -0.2) is 0 Å². The largest absolute Gasteiger partial charge is 0.310 e. The van der Waals surface area contributed by atoms with Crippen LogP contribution in [0.5, 0.6) is 0 Å². The Kier molecular flexibility index (Phi) is 2.96. The molecule has 4 rings (SSSR count). The third-order valence-electron chi connectivity index (χ3n) is 3.99. The van der Waals surface area contributed by atoms with Crippen LogP contribution < -0.4 is 0 Å². The lowest BCUT2D eigenvalue weighted by Crippen LogP contribution is -2.05. The molecule has 0 unspecified atom stereocenters. The molecule has 0 aliphatic carbocycles. The molecule has 1 heterocycles. The Balaban J connectivity index is 2.10. The third kappa shape index (κ3) is 2.77. The van der Waals surface area contributed by atoms with E-state index in [9.17, 15) is 19.4 Å². The van der Waals surface area contributed by atoms with Gasteiger partial charge in [-0.3, -0.25) is 0 Å². The highest BCUT2D eigenvalue weighted by Gasteiger charge is 2.65. The van der Waals surface area contributed by atoms with Gasteiger partial charge in [0, 0.05) is 27.3 Å². The van der Waals surface area contributed by atoms with Crippen LogP contribution in [0.1, 0.15) is 0 Å². The molecule has 0 saturated heterocycles. The van der Waals surface area contributed by atoms with Gasteiger partial charge in [-0.05, 0) is 36.4 Å². The Morgan fingerprint density at radius 1 is 0.600 bits per heavy atom. The van der Waals surface area contributed by atoms with Crippen LogP contribution in [-0.2, 0) is 0 Å². The highest BCUT2D eigenvalue weighted by atomic mass is 32.5. The fourth-order valence-corrected chi connectivity index (χ4v) is 6.14. The predicted octanol–water partition coefficient (Wildman–Crippen LogP) is 8.39. The molecule has 25 heavy (non-hydrogen) atoms. The molecule has 0 aliphatic heterocycles. The lowest BCUT2D eigenvalue weighted by molar-refractivity contribution is 0.364. The average Bonchev–Trinajstić information content (AvgIpc) is 2.87. The maximum atomic E-state index is 13.2. The minimum Gasteiger partial charge on any atom is -0.0936 e. The Morgan fingerprint density at radius 2 is 1.12 bits per heavy atom. The Hall–Kier alpha value is -2.12. The van der Waals surface area contributed by atoms with E-state index < -0.39 is 25.6 Å². The summed E-state index contributed by atoms with van der Waals surface area (Å²) < 4.78 is 67.7. The molecule has 0 saturated carbocycles. The SMILES string of the molecule is FS(F)(F)(F)(F)c1cccc(-[s+]2c3ccccc3c3ccccc32)c1. The van der Waals surface area contributed by atoms with Crippen LogP contribution in [0.25, 0.3) is 25.1 Å². The number of fused-ring (bicyclic) bond motifs is 3. The molecule has 4 aromatic rings. The maximum Gasteiger partial charge on any atom is 0.310 e. The second-order valence-electron chi connectivity index (χ2n) is 5.74. The molecule has 0 radical (unpaired) electrons. The van der Waals surface area contributed by atoms with Gasteiger partial charge in [-0.1, -0.05) is 49.8 Å². The summed E-state index contributed by atoms with van der Waals surface area (Å²) in [6.45, 7) is 0. The monoisotopic (exact) mass is 387 g/mol. The molecule has 3 aromatic carbocycles. The summed E-state index contributed by atoms with van der Waals surface area (Å²) in [5.41, 5.74) is 0. The summed E-state index contributed by atoms with van der Waals surface area (Å²) in [6.07, 6.45) is 0. The van der Waals surface area contributed by atoms with Gasteiger partial charge in [0.15, 0.2) is 14.3 Å². The quantitative estimate of drug-likeness (QED) is 0.239. The van der Waals surface area contributed by atoms with E-state index in [0.29, 0.717) is 12.1 Å². The zero-order chi connectivity index (χ0) is 17.9. The second kappa shape index (κ2) is 4.53. The number of benzene rings is 3. The zero-order valence-electron chi connectivity index (χ0n) is 12.6. The van der Waals surface area contributed by atoms with Crippen molar-refractivity contribution in [1.29, 1.82) is 0 Å². The molecule has 7 heteroatoms. The van der Waals surface area contributed by atoms with Crippen molar-refractivity contribution < 1.29 is 19.4 Å². The maximum absolute atomic E-state index is 13.2. The zero-order valence-corrected chi connectivity index (χ0v) is 14.3. The number of hydrogen-bond donors (Lipinski definition) is 0. The summed E-state index contributed by atoms with van der Waals surface area (Å²) in [4.78, 5) is -1.60. The van der Waals surface area contributed by atoms with Crippen LogP contribution in [0.2, 0.25) is 0 Å². The van der Waals surface area contributed by atoms with Gasteiger partial charge in [-0.2, -0.15) is 0 Å². The Labute approximate surface area is 143 Å². The van der Waals surface area contributed by atoms with Crippen LogP contribution in [0, 0.1) is 0 Å². The Bertz CT molecular complexity index is 1070. The molecule has 1 aromatic heterocycles. The van der Waals surface area contributed by atoms with Gasteiger partial charge in [0.1, 0.15) is 4.90 Å². The minimum absolute atomic E-state index is 0.239. The number of halogens is 5. The van der Waals surface area contributed by atoms with Crippen molar-refractivity contribution >= 4 is 40.9 Å². The van der Waals surface area contributed by atoms with Crippen LogP contribution in [-0.4, -0.2) is 0 Å². The summed E-state index contributed by atoms with van der Waals surface area (Å²) in [6, 6.07) is 18.4. The topological polar surface area (TPSA) is 0 Å². The van der Waals surface area contributed by atoms with E-state index in [0.717, 1.165) is 26.2 Å². The van der Waals surface area contributed by atoms with E-state index >= 15 is 0 Å². The van der Waals surface area contributed by atoms with E-state index in [4.69, 9.17) is 0 Å². The first-order valence-electron chi connectivity index (χ1n) is 7.31. The van der Waals surface area contributed by atoms with Crippen LogP contribution in [0.3, 0.4) is 0 Å². The second-order valence-corrected chi connectivity index (χ2v) is 10.1. The normalized spacial score (nSPS) is 15.2. The molecular weight excluding hydrogens is 375 g/mol. The van der Waals surface area contributed by atoms with Crippen molar-refractivity contribution in [3.8, 4) is 4.90 Å². The van der Waals surface area contributed by atoms with E-state index in [1.807, 2.05) is 36.4 Å². The van der Waals surface area contributed by atoms with Crippen LogP contribution >= 0.6 is 20.7 Å². The van der Waals surface area contributed by atoms with E-state index in [2.05, 4.69) is 0 Å². The lowest BCUT2D eigenvalue weighted by Gasteiger charge is -2.40. The standard InChI is InChI=1S/C18H12F5S2/c19-25(20,21,22,23)14-7-5-6-13(12-14)24-17-10-3-1-8-15(17)16-9-2-4-11-18(16)24/h1-12H/q+1. The third-order valence-corrected chi connectivity index (χ3v) is 7.45. The van der Waals surface area contributed by atoms with Crippen molar-refractivity contribution in [2.75, 3.05) is 0 Å². The highest BCUT2D eigenvalue weighted by molar-refractivity contribution is 8.45. The van der Waals surface area contributed by atoms with Crippen molar-refractivity contribution in [1.82, 2.24) is 0 Å². The van der Waals surface area contributed by atoms with E-state index in [1.54, 1.807) is 12.1 Å². The first-order valence-corrected chi connectivity index (χ1v) is 10.5. The minimum atomic E-state index is -9.71. The van der Waals surface area contributed by atoms with Gasteiger partial charge >= 0.3 is 10.2 Å². The van der Waals surface area contributed by atoms with Gasteiger partial charge in [0.2, 0.25) is 0 Å². The van der Waals surface area contributed by atoms with Gasteiger partial charge in [-0.15, -0.1) is 0 Å². The van der Waals surface area contributed by atoms with Crippen molar-refractivity contribution in [3.05, 3.63) is 72.8 Å². The summed E-state index contributed by atoms with van der Waals surface area (Å²) >= 11 is 0. The van der Waals surface area contributed by atoms with Gasteiger partial charge in [0.05, 0.1) is 0 Å². The molecule has 0 N–H and O–H groups in total. The molecule has 0 amide bonds. The number of thiophene rings is 1. The predicted molar refractivity (Wildman–Crippen MR) is 96.7 cm³/mol. The highest BCUT2D eigenvalue weighted by Crippen LogP contribution is 3.02. The van der Waals surface area contributed by atoms with Gasteiger partial charge < -0.3 is 0 Å². The first kappa shape index (κ1) is 16.4. The molecule has 0 spiro atoms. The van der Waals surface area contributed by atoms with Crippen molar-refractivity contribution in [2.45, 2.75) is 4.90 Å². The van der Waals surface area contributed by atoms with Crippen LogP contribution in [0.4, 0.5) is 19.4 Å². The molecular formula is C18H12F5S2+. The molecule has 0 atom stereocenters. The smallest absolute Gasteiger partial charge is 0.0936 e. The number of hydrogen-bond acceptors (Lipinski definition) is 0. The lowest BCUT2D eigenvalue weighted by atomic mass is 10.2. The average molecular weight is 387 g/mol. The molecule has 130 valence electrons.